The van der Waals surface area contributed by atoms with Crippen molar-refractivity contribution in [2.75, 3.05) is 18.0 Å². The molecule has 0 spiro atoms. The van der Waals surface area contributed by atoms with Crippen molar-refractivity contribution in [3.63, 3.8) is 0 Å². The van der Waals surface area contributed by atoms with Gasteiger partial charge in [-0.25, -0.2) is 4.98 Å². The Morgan fingerprint density at radius 1 is 1.40 bits per heavy atom. The van der Waals surface area contributed by atoms with Gasteiger partial charge in [-0.05, 0) is 12.8 Å². The van der Waals surface area contributed by atoms with Gasteiger partial charge in [0.2, 0.25) is 5.13 Å². The number of hydrogen-bond donors (Lipinski definition) is 1. The third-order valence-electron chi connectivity index (χ3n) is 3.77. The van der Waals surface area contributed by atoms with Crippen molar-refractivity contribution in [1.82, 2.24) is 19.1 Å². The third-order valence-corrected chi connectivity index (χ3v) is 4.56. The van der Waals surface area contributed by atoms with Crippen LogP contribution in [0.25, 0.3) is 0 Å². The van der Waals surface area contributed by atoms with Crippen LogP contribution in [0.1, 0.15) is 41.0 Å². The molecule has 104 valence electrons. The molecule has 2 aliphatic rings. The van der Waals surface area contributed by atoms with Gasteiger partial charge >= 0.3 is 0 Å². The minimum Gasteiger partial charge on any atom is -0.366 e. The van der Waals surface area contributed by atoms with Crippen molar-refractivity contribution in [1.29, 1.82) is 0 Å². The second kappa shape index (κ2) is 4.27. The molecular weight excluding hydrogens is 276 g/mol. The zero-order valence-corrected chi connectivity index (χ0v) is 11.6. The summed E-state index contributed by atoms with van der Waals surface area (Å²) in [6.45, 7) is 1.69. The molecule has 1 aliphatic heterocycles. The maximum Gasteiger partial charge on any atom is 0.251 e. The molecule has 2 aromatic heterocycles. The van der Waals surface area contributed by atoms with Gasteiger partial charge in [0.1, 0.15) is 5.82 Å². The van der Waals surface area contributed by atoms with Crippen LogP contribution in [0.15, 0.2) is 12.4 Å². The van der Waals surface area contributed by atoms with Gasteiger partial charge in [0.25, 0.3) is 5.91 Å². The Morgan fingerprint density at radius 2 is 2.20 bits per heavy atom. The molecular formula is C12H14N6OS. The van der Waals surface area contributed by atoms with Crippen molar-refractivity contribution in [2.45, 2.75) is 24.8 Å². The van der Waals surface area contributed by atoms with E-state index in [1.54, 1.807) is 10.9 Å². The highest BCUT2D eigenvalue weighted by molar-refractivity contribution is 7.09. The Labute approximate surface area is 119 Å². The van der Waals surface area contributed by atoms with Crippen LogP contribution in [0.2, 0.25) is 0 Å². The largest absolute Gasteiger partial charge is 0.366 e. The smallest absolute Gasteiger partial charge is 0.251 e. The highest BCUT2D eigenvalue weighted by Gasteiger charge is 2.33. The third kappa shape index (κ3) is 1.96. The zero-order chi connectivity index (χ0) is 13.7. The Kier molecular flexibility index (Phi) is 2.53. The van der Waals surface area contributed by atoms with E-state index in [9.17, 15) is 4.79 Å². The number of amides is 1. The molecule has 0 bridgehead atoms. The van der Waals surface area contributed by atoms with Crippen molar-refractivity contribution in [2.24, 2.45) is 5.73 Å². The number of nitrogens with zero attached hydrogens (tertiary/aromatic N) is 5. The fourth-order valence-electron chi connectivity index (χ4n) is 2.31. The maximum atomic E-state index is 11.0. The minimum absolute atomic E-state index is 0.274. The van der Waals surface area contributed by atoms with E-state index in [2.05, 4.69) is 19.4 Å². The van der Waals surface area contributed by atoms with Gasteiger partial charge in [-0.15, -0.1) is 0 Å². The molecule has 2 N–H and O–H groups in total. The van der Waals surface area contributed by atoms with Crippen LogP contribution in [-0.4, -0.2) is 38.1 Å². The summed E-state index contributed by atoms with van der Waals surface area (Å²) < 4.78 is 6.22. The molecule has 4 rings (SSSR count). The number of hydrogen-bond acceptors (Lipinski definition) is 6. The Bertz CT molecular complexity index is 654. The fraction of sp³-hybridized carbons (Fsp3) is 0.500. The van der Waals surface area contributed by atoms with Gasteiger partial charge in [-0.2, -0.15) is 9.47 Å². The van der Waals surface area contributed by atoms with E-state index in [0.29, 0.717) is 11.5 Å². The average Bonchev–Trinajstić information content (AvgIpc) is 2.91. The van der Waals surface area contributed by atoms with Crippen molar-refractivity contribution in [3.8, 4) is 0 Å². The second-order valence-corrected chi connectivity index (χ2v) is 6.07. The molecule has 1 saturated carbocycles. The molecule has 3 heterocycles. The highest BCUT2D eigenvalue weighted by atomic mass is 32.1. The predicted octanol–water partition coefficient (Wildman–Crippen LogP) is 0.772. The number of nitrogens with two attached hydrogens (primary N) is 1. The van der Waals surface area contributed by atoms with E-state index in [4.69, 9.17) is 5.73 Å². The molecule has 2 aromatic rings. The molecule has 8 heteroatoms. The van der Waals surface area contributed by atoms with E-state index in [-0.39, 0.29) is 6.04 Å². The standard InChI is InChI=1S/C12H14N6OS/c13-10(19)8-3-14-18(4-8)9-5-17(6-9)12-15-11(16-20-12)7-1-2-7/h3-4,7,9H,1-2,5-6H2,(H2,13,19). The van der Waals surface area contributed by atoms with E-state index < -0.39 is 5.91 Å². The van der Waals surface area contributed by atoms with Gasteiger partial charge in [-0.1, -0.05) is 0 Å². The Morgan fingerprint density at radius 3 is 2.85 bits per heavy atom. The predicted molar refractivity (Wildman–Crippen MR) is 73.9 cm³/mol. The molecule has 0 unspecified atom stereocenters. The number of carbonyl (C=O) groups excluding carboxylic acids is 1. The summed E-state index contributed by atoms with van der Waals surface area (Å²) in [5, 5.41) is 5.18. The van der Waals surface area contributed by atoms with Crippen molar-refractivity contribution < 1.29 is 4.79 Å². The lowest BCUT2D eigenvalue weighted by molar-refractivity contribution is 0.1000. The SMILES string of the molecule is NC(=O)c1cnn(C2CN(c3nc(C4CC4)ns3)C2)c1. The first-order valence-corrected chi connectivity index (χ1v) is 7.40. The van der Waals surface area contributed by atoms with E-state index in [1.807, 2.05) is 0 Å². The molecule has 0 aromatic carbocycles. The zero-order valence-electron chi connectivity index (χ0n) is 10.8. The number of aromatic nitrogens is 4. The van der Waals surface area contributed by atoms with Crippen molar-refractivity contribution >= 4 is 22.6 Å². The van der Waals surface area contributed by atoms with Gasteiger partial charge in [0.15, 0.2) is 0 Å². The van der Waals surface area contributed by atoms with Crippen LogP contribution in [0.4, 0.5) is 5.13 Å². The topological polar surface area (TPSA) is 89.9 Å². The van der Waals surface area contributed by atoms with Crippen LogP contribution in [0, 0.1) is 0 Å². The minimum atomic E-state index is -0.439. The quantitative estimate of drug-likeness (QED) is 0.898. The molecule has 1 saturated heterocycles. The molecule has 0 atom stereocenters. The van der Waals surface area contributed by atoms with Crippen LogP contribution in [0.5, 0.6) is 0 Å². The highest BCUT2D eigenvalue weighted by Crippen LogP contribution is 2.40. The molecule has 2 fully saturated rings. The lowest BCUT2D eigenvalue weighted by atomic mass is 10.1. The maximum absolute atomic E-state index is 11.0. The van der Waals surface area contributed by atoms with E-state index in [0.717, 1.165) is 24.0 Å². The number of anilines is 1. The summed E-state index contributed by atoms with van der Waals surface area (Å²) in [6, 6.07) is 0.274. The molecule has 20 heavy (non-hydrogen) atoms. The van der Waals surface area contributed by atoms with Crippen LogP contribution < -0.4 is 10.6 Å². The normalized spacial score (nSPS) is 19.1. The van der Waals surface area contributed by atoms with Crippen LogP contribution >= 0.6 is 11.5 Å². The number of carbonyl (C=O) groups is 1. The Hall–Kier alpha value is -1.96. The summed E-state index contributed by atoms with van der Waals surface area (Å²) in [4.78, 5) is 17.8. The van der Waals surface area contributed by atoms with Gasteiger partial charge in [-0.3, -0.25) is 9.48 Å². The van der Waals surface area contributed by atoms with Crippen molar-refractivity contribution in [3.05, 3.63) is 23.8 Å². The average molecular weight is 290 g/mol. The van der Waals surface area contributed by atoms with Gasteiger partial charge < -0.3 is 10.6 Å². The first kappa shape index (κ1) is 11.8. The van der Waals surface area contributed by atoms with E-state index >= 15 is 0 Å². The molecule has 1 aliphatic carbocycles. The monoisotopic (exact) mass is 290 g/mol. The lowest BCUT2D eigenvalue weighted by Crippen LogP contribution is -2.48. The number of rotatable bonds is 4. The summed E-state index contributed by atoms with van der Waals surface area (Å²) in [7, 11) is 0. The first-order chi connectivity index (χ1) is 9.70. The molecule has 0 radical (unpaired) electrons. The summed E-state index contributed by atoms with van der Waals surface area (Å²) in [6.07, 6.45) is 5.67. The van der Waals surface area contributed by atoms with Crippen LogP contribution in [0.3, 0.4) is 0 Å². The molecule has 1 amide bonds. The summed E-state index contributed by atoms with van der Waals surface area (Å²) in [5.74, 6) is 1.16. The van der Waals surface area contributed by atoms with Gasteiger partial charge in [0, 0.05) is 36.7 Å². The fourth-order valence-corrected chi connectivity index (χ4v) is 3.07. The lowest BCUT2D eigenvalue weighted by Gasteiger charge is -2.38. The molecule has 7 nitrogen and oxygen atoms in total. The first-order valence-electron chi connectivity index (χ1n) is 6.63. The summed E-state index contributed by atoms with van der Waals surface area (Å²) in [5.41, 5.74) is 5.68. The van der Waals surface area contributed by atoms with E-state index in [1.165, 1.54) is 30.6 Å². The number of primary amides is 1. The second-order valence-electron chi connectivity index (χ2n) is 5.34. The Balaban J connectivity index is 1.41. The van der Waals surface area contributed by atoms with Crippen LogP contribution in [-0.2, 0) is 0 Å². The summed E-state index contributed by atoms with van der Waals surface area (Å²) >= 11 is 1.47. The van der Waals surface area contributed by atoms with Gasteiger partial charge in [0.05, 0.1) is 17.8 Å².